The maximum absolute atomic E-state index is 16.3. The van der Waals surface area contributed by atoms with Crippen LogP contribution in [-0.4, -0.2) is 46.1 Å². The van der Waals surface area contributed by atoms with Crippen LogP contribution < -0.4 is 20.4 Å². The summed E-state index contributed by atoms with van der Waals surface area (Å²) >= 11 is 0. The zero-order valence-corrected chi connectivity index (χ0v) is 28.5. The highest BCUT2D eigenvalue weighted by molar-refractivity contribution is 5.78. The molecule has 4 saturated heterocycles. The number of H-pyrrole nitrogens is 2. The van der Waals surface area contributed by atoms with Crippen molar-refractivity contribution in [2.24, 2.45) is 11.8 Å². The van der Waals surface area contributed by atoms with E-state index in [0.29, 0.717) is 17.5 Å². The molecular weight excluding hydrogens is 630 g/mol. The molecule has 2 aromatic heterocycles. The number of aromatic nitrogens is 4. The van der Waals surface area contributed by atoms with Crippen LogP contribution >= 0.6 is 0 Å². The first-order chi connectivity index (χ1) is 24.6. The van der Waals surface area contributed by atoms with Gasteiger partial charge in [0.15, 0.2) is 11.6 Å². The molecule has 0 bridgehead atoms. The van der Waals surface area contributed by atoms with E-state index in [9.17, 15) is 0 Å². The fourth-order valence-electron chi connectivity index (χ4n) is 10.1. The van der Waals surface area contributed by atoms with Crippen molar-refractivity contribution < 1.29 is 8.78 Å². The van der Waals surface area contributed by atoms with Crippen LogP contribution in [0.3, 0.4) is 0 Å². The zero-order chi connectivity index (χ0) is 33.3. The Balaban J connectivity index is 1.03. The van der Waals surface area contributed by atoms with E-state index in [1.807, 2.05) is 4.90 Å². The summed E-state index contributed by atoms with van der Waals surface area (Å²) in [5.41, 5.74) is 6.89. The van der Waals surface area contributed by atoms with Crippen LogP contribution in [0.15, 0.2) is 48.5 Å². The third-order valence-electron chi connectivity index (χ3n) is 12.6. The predicted octanol–water partition coefficient (Wildman–Crippen LogP) is 8.28. The minimum atomic E-state index is -0.460. The average molecular weight is 677 g/mol. The Hall–Kier alpha value is -4.02. The number of benzene rings is 3. The topological polar surface area (TPSA) is 87.9 Å². The minimum Gasteiger partial charge on any atom is -0.366 e. The Morgan fingerprint density at radius 2 is 1.12 bits per heavy atom. The van der Waals surface area contributed by atoms with E-state index < -0.39 is 11.6 Å². The van der Waals surface area contributed by atoms with E-state index in [1.54, 1.807) is 12.1 Å². The Morgan fingerprint density at radius 1 is 0.600 bits per heavy atom. The Bertz CT molecular complexity index is 1900. The van der Waals surface area contributed by atoms with Gasteiger partial charge in [0.25, 0.3) is 0 Å². The molecule has 0 unspecified atom stereocenters. The molecule has 260 valence electrons. The molecule has 6 atom stereocenters. The molecule has 10 heteroatoms. The minimum absolute atomic E-state index is 0.0595. The fourth-order valence-corrected chi connectivity index (χ4v) is 10.1. The number of rotatable bonds is 6. The van der Waals surface area contributed by atoms with Crippen molar-refractivity contribution in [3.05, 3.63) is 82.9 Å². The predicted molar refractivity (Wildman–Crippen MR) is 193 cm³/mol. The van der Waals surface area contributed by atoms with Crippen molar-refractivity contribution in [1.29, 1.82) is 0 Å². The van der Waals surface area contributed by atoms with Crippen LogP contribution in [0.4, 0.5) is 20.2 Å². The van der Waals surface area contributed by atoms with Gasteiger partial charge in [0.1, 0.15) is 17.3 Å². The summed E-state index contributed by atoms with van der Waals surface area (Å²) < 4.78 is 32.6. The number of imidazole rings is 2. The first-order valence-electron chi connectivity index (χ1n) is 19.0. The van der Waals surface area contributed by atoms with Gasteiger partial charge >= 0.3 is 0 Å². The van der Waals surface area contributed by atoms with E-state index in [2.05, 4.69) is 61.9 Å². The molecule has 50 heavy (non-hydrogen) atoms. The lowest BCUT2D eigenvalue weighted by Crippen LogP contribution is -2.27. The van der Waals surface area contributed by atoms with E-state index >= 15 is 8.78 Å². The van der Waals surface area contributed by atoms with Crippen LogP contribution in [0.1, 0.15) is 111 Å². The normalized spacial score (nSPS) is 28.4. The van der Waals surface area contributed by atoms with Gasteiger partial charge in [-0.05, 0) is 124 Å². The molecule has 8 nitrogen and oxygen atoms in total. The van der Waals surface area contributed by atoms with Crippen LogP contribution in [0.2, 0.25) is 0 Å². The molecule has 6 heterocycles. The molecule has 4 aliphatic heterocycles. The van der Waals surface area contributed by atoms with Crippen LogP contribution in [-0.2, 0) is 0 Å². The number of aromatic amines is 2. The van der Waals surface area contributed by atoms with Crippen molar-refractivity contribution in [2.75, 3.05) is 36.0 Å². The van der Waals surface area contributed by atoms with Crippen molar-refractivity contribution in [1.82, 2.24) is 30.6 Å². The lowest BCUT2D eigenvalue weighted by atomic mass is 9.82. The summed E-state index contributed by atoms with van der Waals surface area (Å²) in [6, 6.07) is 16.5. The Kier molecular flexibility index (Phi) is 7.59. The van der Waals surface area contributed by atoms with E-state index in [-0.39, 0.29) is 29.9 Å². The second kappa shape index (κ2) is 12.3. The van der Waals surface area contributed by atoms with Gasteiger partial charge in [-0.15, -0.1) is 0 Å². The average Bonchev–Trinajstić information content (AvgIpc) is 3.96. The zero-order valence-electron chi connectivity index (χ0n) is 28.5. The number of hydrogen-bond acceptors (Lipinski definition) is 6. The van der Waals surface area contributed by atoms with E-state index in [4.69, 9.17) is 9.97 Å². The quantitative estimate of drug-likeness (QED) is 0.145. The summed E-state index contributed by atoms with van der Waals surface area (Å²) in [6.45, 7) is 3.52. The molecule has 0 amide bonds. The monoisotopic (exact) mass is 676 g/mol. The fraction of sp³-hybridized carbons (Fsp3) is 0.500. The molecule has 4 N–H and O–H groups in total. The highest BCUT2D eigenvalue weighted by atomic mass is 19.1. The largest absolute Gasteiger partial charge is 0.366 e. The number of hydrogen-bond donors (Lipinski definition) is 4. The van der Waals surface area contributed by atoms with Gasteiger partial charge in [-0.25, -0.2) is 18.7 Å². The second-order valence-electron chi connectivity index (χ2n) is 15.6. The molecule has 0 radical (unpaired) electrons. The summed E-state index contributed by atoms with van der Waals surface area (Å²) in [5, 5.41) is 7.10. The standard InChI is InChI=1S/C40H46F2N8/c41-28-19-27(20-29(42)38(28)49-21-25-5-1-2-6-26(25)22-49)50-36(23-9-11-30-34(17-23)47-39(45-30)32-7-3-15-43-32)13-14-37(50)24-10-12-31-35(18-24)48-40(46-31)33-8-4-16-44-33/h9-12,17-20,25-26,32-33,36-37,43-44H,1-8,13-16,21-22H2,(H,45,47)(H,46,48)/t25-,26+,32-,33-,36+,37+/m0/s1. The lowest BCUT2D eigenvalue weighted by molar-refractivity contribution is 0.299. The molecule has 3 aromatic carbocycles. The number of nitrogens with one attached hydrogen (secondary N) is 4. The smallest absolute Gasteiger partial charge is 0.151 e. The van der Waals surface area contributed by atoms with Crippen molar-refractivity contribution in [3.8, 4) is 0 Å². The summed E-state index contributed by atoms with van der Waals surface area (Å²) in [5.74, 6) is 2.13. The molecule has 0 spiro atoms. The first-order valence-corrected chi connectivity index (χ1v) is 19.0. The maximum Gasteiger partial charge on any atom is 0.151 e. The molecule has 1 saturated carbocycles. The van der Waals surface area contributed by atoms with Gasteiger partial charge in [-0.1, -0.05) is 25.0 Å². The third kappa shape index (κ3) is 5.29. The number of halogens is 2. The Labute approximate surface area is 291 Å². The highest BCUT2D eigenvalue weighted by Crippen LogP contribution is 2.49. The molecular formula is C40H46F2N8. The molecule has 5 fully saturated rings. The second-order valence-corrected chi connectivity index (χ2v) is 15.6. The van der Waals surface area contributed by atoms with Crippen molar-refractivity contribution in [2.45, 2.75) is 88.4 Å². The van der Waals surface area contributed by atoms with Crippen LogP contribution in [0, 0.1) is 23.5 Å². The highest BCUT2D eigenvalue weighted by Gasteiger charge is 2.39. The van der Waals surface area contributed by atoms with Gasteiger partial charge in [0.05, 0.1) is 46.2 Å². The van der Waals surface area contributed by atoms with Crippen molar-refractivity contribution >= 4 is 33.4 Å². The van der Waals surface area contributed by atoms with Crippen LogP contribution in [0.25, 0.3) is 22.1 Å². The lowest BCUT2D eigenvalue weighted by Gasteiger charge is -2.34. The van der Waals surface area contributed by atoms with Gasteiger partial charge in [0.2, 0.25) is 0 Å². The van der Waals surface area contributed by atoms with Gasteiger partial charge in [-0.3, -0.25) is 0 Å². The summed E-state index contributed by atoms with van der Waals surface area (Å²) in [4.78, 5) is 21.3. The van der Waals surface area contributed by atoms with Crippen LogP contribution in [0.5, 0.6) is 0 Å². The van der Waals surface area contributed by atoms with E-state index in [1.165, 1.54) is 12.8 Å². The third-order valence-corrected chi connectivity index (χ3v) is 12.6. The number of fused-ring (bicyclic) bond motifs is 3. The number of nitrogens with zero attached hydrogens (tertiary/aromatic N) is 4. The van der Waals surface area contributed by atoms with Gasteiger partial charge in [0, 0.05) is 18.8 Å². The van der Waals surface area contributed by atoms with Gasteiger partial charge < -0.3 is 30.4 Å². The summed E-state index contributed by atoms with van der Waals surface area (Å²) in [6.07, 6.45) is 11.0. The summed E-state index contributed by atoms with van der Waals surface area (Å²) in [7, 11) is 0. The first kappa shape index (κ1) is 30.8. The SMILES string of the molecule is Fc1cc(N2[C@@H](c3ccc4nc([C@@H]5CCCN5)[nH]c4c3)CC[C@@H]2c2ccc3nc([C@@H]4CCCN4)[nH]c3c2)cc(F)c1N1C[C@H]2CCCC[C@H]2C1. The van der Waals surface area contributed by atoms with E-state index in [0.717, 1.165) is 122 Å². The van der Waals surface area contributed by atoms with Crippen molar-refractivity contribution in [3.63, 3.8) is 0 Å². The number of anilines is 2. The molecule has 5 aromatic rings. The molecule has 5 aliphatic rings. The molecule has 10 rings (SSSR count). The molecule has 1 aliphatic carbocycles. The maximum atomic E-state index is 16.3. The van der Waals surface area contributed by atoms with Gasteiger partial charge in [-0.2, -0.15) is 0 Å². The Morgan fingerprint density at radius 3 is 1.60 bits per heavy atom.